The Kier molecular flexibility index (Phi) is 5.79. The number of fused-ring (bicyclic) bond motifs is 1. The maximum atomic E-state index is 12.6. The highest BCUT2D eigenvalue weighted by Crippen LogP contribution is 2.33. The van der Waals surface area contributed by atoms with Crippen LogP contribution in [0.2, 0.25) is 0 Å². The minimum atomic E-state index is -4.92. The van der Waals surface area contributed by atoms with Crippen molar-refractivity contribution in [3.8, 4) is 11.5 Å². The standard InChI is InChI=1S/C20H15F6NO4/c1-11-15(9-18(28)29)16-8-14(31-20(24,25)26)5-6-17(16)27(11)10-12-3-2-4-13(7-12)30-19(21,22)23/h2-8H,9-10H2,1H3,(H,28,29). The van der Waals surface area contributed by atoms with Gasteiger partial charge >= 0.3 is 18.7 Å². The zero-order valence-electron chi connectivity index (χ0n) is 15.8. The third kappa shape index (κ3) is 5.62. The topological polar surface area (TPSA) is 60.7 Å². The summed E-state index contributed by atoms with van der Waals surface area (Å²) in [5.41, 5.74) is 1.55. The van der Waals surface area contributed by atoms with Gasteiger partial charge in [-0.25, -0.2) is 0 Å². The predicted molar refractivity (Wildman–Crippen MR) is 96.9 cm³/mol. The van der Waals surface area contributed by atoms with Crippen LogP contribution >= 0.6 is 0 Å². The van der Waals surface area contributed by atoms with Crippen LogP contribution in [0.1, 0.15) is 16.8 Å². The third-order valence-corrected chi connectivity index (χ3v) is 4.46. The lowest BCUT2D eigenvalue weighted by molar-refractivity contribution is -0.275. The molecule has 0 bridgehead atoms. The first kappa shape index (κ1) is 22.3. The van der Waals surface area contributed by atoms with Crippen LogP contribution in [0.4, 0.5) is 26.3 Å². The molecule has 0 amide bonds. The van der Waals surface area contributed by atoms with Crippen molar-refractivity contribution in [3.05, 3.63) is 59.3 Å². The van der Waals surface area contributed by atoms with Gasteiger partial charge in [-0.05, 0) is 48.4 Å². The van der Waals surface area contributed by atoms with E-state index in [1.54, 1.807) is 17.6 Å². The van der Waals surface area contributed by atoms with E-state index in [2.05, 4.69) is 9.47 Å². The number of alkyl halides is 6. The van der Waals surface area contributed by atoms with E-state index in [-0.39, 0.29) is 17.5 Å². The number of benzene rings is 2. The highest BCUT2D eigenvalue weighted by atomic mass is 19.4. The lowest BCUT2D eigenvalue weighted by Gasteiger charge is -2.12. The molecule has 1 heterocycles. The van der Waals surface area contributed by atoms with Crippen LogP contribution in [0.3, 0.4) is 0 Å². The van der Waals surface area contributed by atoms with Gasteiger partial charge in [0.05, 0.1) is 6.42 Å². The second-order valence-electron chi connectivity index (χ2n) is 6.64. The fourth-order valence-corrected chi connectivity index (χ4v) is 3.33. The fraction of sp³-hybridized carbons (Fsp3) is 0.250. The smallest absolute Gasteiger partial charge is 0.481 e. The molecule has 5 nitrogen and oxygen atoms in total. The van der Waals surface area contributed by atoms with Gasteiger partial charge in [-0.3, -0.25) is 4.79 Å². The van der Waals surface area contributed by atoms with E-state index in [0.29, 0.717) is 16.8 Å². The number of carboxylic acids is 1. The van der Waals surface area contributed by atoms with Gasteiger partial charge < -0.3 is 19.1 Å². The van der Waals surface area contributed by atoms with Crippen LogP contribution < -0.4 is 9.47 Å². The van der Waals surface area contributed by atoms with E-state index >= 15 is 0 Å². The quantitative estimate of drug-likeness (QED) is 0.513. The Balaban J connectivity index is 2.05. The van der Waals surface area contributed by atoms with Crippen LogP contribution in [-0.2, 0) is 17.8 Å². The molecule has 1 aromatic heterocycles. The van der Waals surface area contributed by atoms with E-state index in [1.807, 2.05) is 0 Å². The molecular formula is C20H15F6NO4. The number of aliphatic carboxylic acids is 1. The molecule has 166 valence electrons. The molecular weight excluding hydrogens is 432 g/mol. The Morgan fingerprint density at radius 1 is 0.968 bits per heavy atom. The van der Waals surface area contributed by atoms with Crippen molar-refractivity contribution in [2.75, 3.05) is 0 Å². The lowest BCUT2D eigenvalue weighted by Crippen LogP contribution is -2.17. The SMILES string of the molecule is Cc1c(CC(=O)O)c2cc(OC(F)(F)F)ccc2n1Cc1cccc(OC(F)(F)F)c1. The van der Waals surface area contributed by atoms with Gasteiger partial charge in [-0.2, -0.15) is 0 Å². The van der Waals surface area contributed by atoms with Crippen molar-refractivity contribution < 1.29 is 45.7 Å². The van der Waals surface area contributed by atoms with E-state index in [9.17, 15) is 36.2 Å². The van der Waals surface area contributed by atoms with E-state index in [1.165, 1.54) is 18.2 Å². The van der Waals surface area contributed by atoms with Gasteiger partial charge in [0.2, 0.25) is 0 Å². The number of carbonyl (C=O) groups is 1. The fourth-order valence-electron chi connectivity index (χ4n) is 3.33. The first-order valence-corrected chi connectivity index (χ1v) is 8.76. The zero-order valence-corrected chi connectivity index (χ0v) is 15.8. The summed E-state index contributed by atoms with van der Waals surface area (Å²) in [6, 6.07) is 8.74. The number of hydrogen-bond donors (Lipinski definition) is 1. The van der Waals surface area contributed by atoms with Crippen LogP contribution in [0.15, 0.2) is 42.5 Å². The van der Waals surface area contributed by atoms with E-state index in [4.69, 9.17) is 0 Å². The molecule has 0 saturated heterocycles. The molecule has 1 N–H and O–H groups in total. The normalized spacial score (nSPS) is 12.2. The Morgan fingerprint density at radius 3 is 2.16 bits per heavy atom. The molecule has 3 rings (SSSR count). The van der Waals surface area contributed by atoms with Gasteiger partial charge in [0.25, 0.3) is 0 Å². The van der Waals surface area contributed by atoms with Crippen LogP contribution in [0, 0.1) is 6.92 Å². The molecule has 0 aliphatic rings. The maximum absolute atomic E-state index is 12.6. The van der Waals surface area contributed by atoms with Crippen LogP contribution in [0.25, 0.3) is 10.9 Å². The van der Waals surface area contributed by atoms with Gasteiger partial charge in [0.15, 0.2) is 0 Å². The molecule has 3 aromatic rings. The maximum Gasteiger partial charge on any atom is 0.573 e. The van der Waals surface area contributed by atoms with Crippen molar-refractivity contribution in [2.45, 2.75) is 32.6 Å². The van der Waals surface area contributed by atoms with Crippen molar-refractivity contribution in [1.29, 1.82) is 0 Å². The summed E-state index contributed by atoms with van der Waals surface area (Å²) >= 11 is 0. The lowest BCUT2D eigenvalue weighted by atomic mass is 10.1. The van der Waals surface area contributed by atoms with E-state index in [0.717, 1.165) is 18.2 Å². The van der Waals surface area contributed by atoms with Crippen molar-refractivity contribution in [2.24, 2.45) is 0 Å². The predicted octanol–water partition coefficient (Wildman–Crippen LogP) is 5.42. The Bertz CT molecular complexity index is 1120. The minimum absolute atomic E-state index is 0.0382. The number of halogens is 6. The Hall–Kier alpha value is -3.37. The molecule has 0 radical (unpaired) electrons. The van der Waals surface area contributed by atoms with Crippen molar-refractivity contribution in [3.63, 3.8) is 0 Å². The summed E-state index contributed by atoms with van der Waals surface area (Å²) in [4.78, 5) is 11.3. The zero-order chi connectivity index (χ0) is 23.0. The number of aromatic nitrogens is 1. The average molecular weight is 447 g/mol. The molecule has 2 aromatic carbocycles. The summed E-state index contributed by atoms with van der Waals surface area (Å²) in [6.07, 6.45) is -10.2. The van der Waals surface area contributed by atoms with Gasteiger partial charge in [-0.15, -0.1) is 26.3 Å². The average Bonchev–Trinajstić information content (AvgIpc) is 2.84. The number of nitrogens with zero attached hydrogens (tertiary/aromatic N) is 1. The molecule has 11 heteroatoms. The molecule has 0 atom stereocenters. The number of ether oxygens (including phenoxy) is 2. The number of carboxylic acid groups (broad SMARTS) is 1. The summed E-state index contributed by atoms with van der Waals surface area (Å²) in [7, 11) is 0. The molecule has 0 spiro atoms. The van der Waals surface area contributed by atoms with Crippen LogP contribution in [-0.4, -0.2) is 28.4 Å². The molecule has 31 heavy (non-hydrogen) atoms. The Labute approximate surface area is 171 Å². The molecule has 0 aliphatic heterocycles. The monoisotopic (exact) mass is 447 g/mol. The van der Waals surface area contributed by atoms with Gasteiger partial charge in [-0.1, -0.05) is 12.1 Å². The third-order valence-electron chi connectivity index (χ3n) is 4.46. The highest BCUT2D eigenvalue weighted by Gasteiger charge is 2.32. The van der Waals surface area contributed by atoms with Gasteiger partial charge in [0.1, 0.15) is 11.5 Å². The second kappa shape index (κ2) is 8.05. The largest absolute Gasteiger partial charge is 0.573 e. The van der Waals surface area contributed by atoms with Crippen molar-refractivity contribution >= 4 is 16.9 Å². The van der Waals surface area contributed by atoms with Gasteiger partial charge in [0, 0.05) is 23.1 Å². The summed E-state index contributed by atoms with van der Waals surface area (Å²) in [6.45, 7) is 1.62. The molecule has 0 saturated carbocycles. The highest BCUT2D eigenvalue weighted by molar-refractivity contribution is 5.90. The summed E-state index contributed by atoms with van der Waals surface area (Å²) < 4.78 is 84.6. The molecule has 0 unspecified atom stereocenters. The first-order valence-electron chi connectivity index (χ1n) is 8.76. The second-order valence-corrected chi connectivity index (χ2v) is 6.64. The number of hydrogen-bond acceptors (Lipinski definition) is 3. The summed E-state index contributed by atoms with van der Waals surface area (Å²) in [5.74, 6) is -2.13. The minimum Gasteiger partial charge on any atom is -0.481 e. The first-order chi connectivity index (χ1) is 14.3. The number of rotatable bonds is 6. The Morgan fingerprint density at radius 2 is 1.58 bits per heavy atom. The molecule has 0 aliphatic carbocycles. The van der Waals surface area contributed by atoms with E-state index < -0.39 is 36.6 Å². The van der Waals surface area contributed by atoms with Crippen molar-refractivity contribution in [1.82, 2.24) is 4.57 Å². The molecule has 0 fully saturated rings. The summed E-state index contributed by atoms with van der Waals surface area (Å²) in [5, 5.41) is 9.45. The van der Waals surface area contributed by atoms with Crippen LogP contribution in [0.5, 0.6) is 11.5 Å².